The van der Waals surface area contributed by atoms with Crippen LogP contribution in [0.2, 0.25) is 0 Å². The Morgan fingerprint density at radius 2 is 2.04 bits per heavy atom. The molecule has 1 aromatic carbocycles. The van der Waals surface area contributed by atoms with Crippen LogP contribution in [0, 0.1) is 39.0 Å². The number of hydrogen-bond acceptors (Lipinski definition) is 4. The Balaban J connectivity index is 1.92. The first kappa shape index (κ1) is 18.6. The Bertz CT molecular complexity index is 1070. The molecule has 27 heavy (non-hydrogen) atoms. The second-order valence-electron chi connectivity index (χ2n) is 6.42. The van der Waals surface area contributed by atoms with Crippen LogP contribution in [0.15, 0.2) is 41.4 Å². The maximum Gasteiger partial charge on any atom is 0.266 e. The molecule has 0 spiro atoms. The molecule has 6 heteroatoms. The molecule has 1 amide bonds. The van der Waals surface area contributed by atoms with E-state index in [0.29, 0.717) is 5.69 Å². The van der Waals surface area contributed by atoms with Gasteiger partial charge in [-0.15, -0.1) is 11.3 Å². The van der Waals surface area contributed by atoms with Gasteiger partial charge in [-0.2, -0.15) is 5.26 Å². The van der Waals surface area contributed by atoms with Gasteiger partial charge in [0.15, 0.2) is 5.13 Å². The fraction of sp³-hybridized carbons (Fsp3) is 0.190. The molecule has 0 atom stereocenters. The number of hydrogen-bond donors (Lipinski definition) is 1. The molecule has 0 aliphatic rings. The van der Waals surface area contributed by atoms with Gasteiger partial charge in [0.1, 0.15) is 11.6 Å². The highest BCUT2D eigenvalue weighted by atomic mass is 32.1. The molecule has 136 valence electrons. The number of benzene rings is 1. The maximum atomic E-state index is 12.6. The number of nitrogens with zero attached hydrogens (tertiary/aromatic N) is 3. The van der Waals surface area contributed by atoms with Crippen molar-refractivity contribution in [2.45, 2.75) is 27.7 Å². The lowest BCUT2D eigenvalue weighted by molar-refractivity contribution is -0.112. The number of carbonyl (C=O) groups excluding carboxylic acids is 1. The number of nitriles is 1. The molecule has 0 radical (unpaired) electrons. The van der Waals surface area contributed by atoms with E-state index in [2.05, 4.69) is 10.3 Å². The maximum absolute atomic E-state index is 12.6. The molecule has 3 rings (SSSR count). The molecule has 2 aromatic heterocycles. The van der Waals surface area contributed by atoms with Gasteiger partial charge in [0.25, 0.3) is 5.91 Å². The van der Waals surface area contributed by atoms with Crippen molar-refractivity contribution in [2.24, 2.45) is 0 Å². The number of thiazole rings is 1. The number of rotatable bonds is 4. The summed E-state index contributed by atoms with van der Waals surface area (Å²) in [6.45, 7) is 7.86. The van der Waals surface area contributed by atoms with Gasteiger partial charge in [-0.3, -0.25) is 9.36 Å². The first-order valence-electron chi connectivity index (χ1n) is 8.50. The normalized spacial score (nSPS) is 11.3. The topological polar surface area (TPSA) is 70.7 Å². The monoisotopic (exact) mass is 376 g/mol. The minimum Gasteiger partial charge on any atom is -0.321 e. The Labute approximate surface area is 162 Å². The van der Waals surface area contributed by atoms with Crippen LogP contribution in [0.25, 0.3) is 11.2 Å². The predicted octanol–water partition coefficient (Wildman–Crippen LogP) is 4.71. The van der Waals surface area contributed by atoms with Crippen molar-refractivity contribution in [3.63, 3.8) is 0 Å². The summed E-state index contributed by atoms with van der Waals surface area (Å²) >= 11 is 1.54. The molecule has 0 saturated heterocycles. The molecule has 0 unspecified atom stereocenters. The van der Waals surface area contributed by atoms with Gasteiger partial charge in [0.2, 0.25) is 0 Å². The predicted molar refractivity (Wildman–Crippen MR) is 109 cm³/mol. The van der Waals surface area contributed by atoms with Crippen molar-refractivity contribution >= 4 is 29.0 Å². The summed E-state index contributed by atoms with van der Waals surface area (Å²) in [7, 11) is 0. The number of aromatic nitrogens is 2. The summed E-state index contributed by atoms with van der Waals surface area (Å²) in [5.74, 6) is -0.413. The second kappa shape index (κ2) is 7.60. The van der Waals surface area contributed by atoms with Crippen molar-refractivity contribution in [2.75, 3.05) is 5.32 Å². The number of nitrogens with one attached hydrogen (secondary N) is 1. The summed E-state index contributed by atoms with van der Waals surface area (Å²) in [5, 5.41) is 15.1. The largest absolute Gasteiger partial charge is 0.321 e. The van der Waals surface area contributed by atoms with E-state index in [-0.39, 0.29) is 5.57 Å². The van der Waals surface area contributed by atoms with Gasteiger partial charge in [-0.25, -0.2) is 4.98 Å². The standard InChI is InChI=1S/C21H20N4OS/c1-13-5-6-19(14(2)9-13)24-20(26)18(12-22)11-17-10-15(3)25(16(17)4)21-23-7-8-27-21/h5-11H,1-4H3,(H,24,26)/b18-11+. The van der Waals surface area contributed by atoms with Crippen LogP contribution in [0.4, 0.5) is 5.69 Å². The Kier molecular flexibility index (Phi) is 5.24. The fourth-order valence-electron chi connectivity index (χ4n) is 3.00. The summed E-state index contributed by atoms with van der Waals surface area (Å²) in [5.41, 5.74) is 5.62. The molecule has 5 nitrogen and oxygen atoms in total. The number of aryl methyl sites for hydroxylation is 3. The van der Waals surface area contributed by atoms with Gasteiger partial charge < -0.3 is 5.32 Å². The highest BCUT2D eigenvalue weighted by Crippen LogP contribution is 2.24. The highest BCUT2D eigenvalue weighted by Gasteiger charge is 2.15. The second-order valence-corrected chi connectivity index (χ2v) is 7.29. The van der Waals surface area contributed by atoms with Crippen LogP contribution in [-0.4, -0.2) is 15.5 Å². The van der Waals surface area contributed by atoms with Crippen molar-refractivity contribution in [3.8, 4) is 11.2 Å². The van der Waals surface area contributed by atoms with Gasteiger partial charge in [-0.1, -0.05) is 17.7 Å². The Morgan fingerprint density at radius 3 is 2.67 bits per heavy atom. The molecular weight excluding hydrogens is 356 g/mol. The molecular formula is C21H20N4OS. The van der Waals surface area contributed by atoms with Gasteiger partial charge in [0, 0.05) is 28.7 Å². The first-order valence-corrected chi connectivity index (χ1v) is 9.38. The fourth-order valence-corrected chi connectivity index (χ4v) is 3.75. The van der Waals surface area contributed by atoms with E-state index in [1.54, 1.807) is 12.3 Å². The zero-order valence-corrected chi connectivity index (χ0v) is 16.5. The molecule has 1 N–H and O–H groups in total. The Morgan fingerprint density at radius 1 is 1.26 bits per heavy atom. The third-order valence-corrected chi connectivity index (χ3v) is 5.13. The number of anilines is 1. The smallest absolute Gasteiger partial charge is 0.266 e. The summed E-state index contributed by atoms with van der Waals surface area (Å²) in [6, 6.07) is 9.75. The molecule has 0 fully saturated rings. The van der Waals surface area contributed by atoms with E-state index in [9.17, 15) is 10.1 Å². The van der Waals surface area contributed by atoms with E-state index >= 15 is 0 Å². The number of carbonyl (C=O) groups is 1. The summed E-state index contributed by atoms with van der Waals surface area (Å²) < 4.78 is 2.02. The lowest BCUT2D eigenvalue weighted by Crippen LogP contribution is -2.14. The van der Waals surface area contributed by atoms with E-state index in [1.807, 2.05) is 68.0 Å². The van der Waals surface area contributed by atoms with Crippen molar-refractivity contribution < 1.29 is 4.79 Å². The third kappa shape index (κ3) is 3.83. The van der Waals surface area contributed by atoms with E-state index in [4.69, 9.17) is 0 Å². The average Bonchev–Trinajstić information content (AvgIpc) is 3.23. The lowest BCUT2D eigenvalue weighted by Gasteiger charge is -2.08. The zero-order chi connectivity index (χ0) is 19.6. The molecule has 0 aliphatic heterocycles. The molecule has 3 aromatic rings. The molecule has 0 aliphatic carbocycles. The van der Waals surface area contributed by atoms with Crippen LogP contribution < -0.4 is 5.32 Å². The molecule has 0 bridgehead atoms. The van der Waals surface area contributed by atoms with Gasteiger partial charge >= 0.3 is 0 Å². The van der Waals surface area contributed by atoms with Crippen LogP contribution in [-0.2, 0) is 4.79 Å². The van der Waals surface area contributed by atoms with Crippen molar-refractivity contribution in [3.05, 3.63) is 69.5 Å². The van der Waals surface area contributed by atoms with E-state index < -0.39 is 5.91 Å². The van der Waals surface area contributed by atoms with E-state index in [1.165, 1.54) is 11.3 Å². The first-order chi connectivity index (χ1) is 12.9. The SMILES string of the molecule is Cc1ccc(NC(=O)/C(C#N)=C/c2cc(C)n(-c3nccs3)c2C)c(C)c1. The van der Waals surface area contributed by atoms with Crippen LogP contribution >= 0.6 is 11.3 Å². The highest BCUT2D eigenvalue weighted by molar-refractivity contribution is 7.12. The van der Waals surface area contributed by atoms with Gasteiger partial charge in [-0.05, 0) is 57.0 Å². The lowest BCUT2D eigenvalue weighted by atomic mass is 10.1. The quantitative estimate of drug-likeness (QED) is 0.529. The number of amides is 1. The Hall–Kier alpha value is -3.17. The molecule has 2 heterocycles. The van der Waals surface area contributed by atoms with Gasteiger partial charge in [0.05, 0.1) is 0 Å². The summed E-state index contributed by atoms with van der Waals surface area (Å²) in [4.78, 5) is 16.9. The van der Waals surface area contributed by atoms with Crippen LogP contribution in [0.5, 0.6) is 0 Å². The third-order valence-electron chi connectivity index (χ3n) is 4.38. The molecule has 0 saturated carbocycles. The van der Waals surface area contributed by atoms with Crippen LogP contribution in [0.3, 0.4) is 0 Å². The van der Waals surface area contributed by atoms with Crippen molar-refractivity contribution in [1.29, 1.82) is 5.26 Å². The summed E-state index contributed by atoms with van der Waals surface area (Å²) in [6.07, 6.45) is 3.39. The van der Waals surface area contributed by atoms with Crippen LogP contribution in [0.1, 0.15) is 28.1 Å². The average molecular weight is 376 g/mol. The minimum atomic E-state index is -0.413. The minimum absolute atomic E-state index is 0.0642. The zero-order valence-electron chi connectivity index (χ0n) is 15.7. The van der Waals surface area contributed by atoms with E-state index in [0.717, 1.165) is 33.2 Å². The van der Waals surface area contributed by atoms with Crippen molar-refractivity contribution in [1.82, 2.24) is 9.55 Å².